The van der Waals surface area contributed by atoms with Crippen molar-refractivity contribution in [2.75, 3.05) is 30.0 Å². The molecular weight excluding hydrogens is 308 g/mol. The zero-order valence-electron chi connectivity index (χ0n) is 14.4. The molecule has 3 aromatic rings. The largest absolute Gasteiger partial charge is 0.497 e. The summed E-state index contributed by atoms with van der Waals surface area (Å²) in [7, 11) is 1.72. The third-order valence-corrected chi connectivity index (χ3v) is 4.74. The molecule has 0 N–H and O–H groups in total. The fourth-order valence-corrected chi connectivity index (χ4v) is 3.57. The molecule has 0 unspecified atom stereocenters. The van der Waals surface area contributed by atoms with Crippen molar-refractivity contribution in [3.8, 4) is 5.75 Å². The zero-order chi connectivity index (χ0) is 17.1. The lowest BCUT2D eigenvalue weighted by Crippen LogP contribution is -2.30. The van der Waals surface area contributed by atoms with Crippen molar-refractivity contribution >= 4 is 11.4 Å². The summed E-state index contributed by atoms with van der Waals surface area (Å²) in [6.07, 6.45) is 0.153. The third kappa shape index (κ3) is 3.05. The minimum atomic E-state index is 0.153. The molecule has 1 saturated heterocycles. The molecule has 0 radical (unpaired) electrons. The Labute approximate surface area is 149 Å². The molecule has 0 saturated carbocycles. The van der Waals surface area contributed by atoms with Crippen molar-refractivity contribution in [3.63, 3.8) is 0 Å². The Morgan fingerprint density at radius 2 is 1.28 bits per heavy atom. The molecule has 0 bridgehead atoms. The zero-order valence-corrected chi connectivity index (χ0v) is 14.4. The molecule has 1 heterocycles. The lowest BCUT2D eigenvalue weighted by Gasteiger charge is -2.33. The minimum absolute atomic E-state index is 0.153. The standard InChI is InChI=1S/C22H22N2O/c1-25-21-14-8-9-18(17-21)22-23(19-10-4-2-5-11-19)15-16-24(22)20-12-6-3-7-13-20/h2-14,17,22H,15-16H2,1H3. The number of benzene rings is 3. The Kier molecular flexibility index (Phi) is 4.30. The number of methoxy groups -OCH3 is 1. The molecule has 0 amide bonds. The first-order valence-corrected chi connectivity index (χ1v) is 8.64. The molecule has 0 aromatic heterocycles. The number of nitrogens with zero attached hydrogens (tertiary/aromatic N) is 2. The Balaban J connectivity index is 1.78. The van der Waals surface area contributed by atoms with Gasteiger partial charge in [0.15, 0.2) is 0 Å². The van der Waals surface area contributed by atoms with Gasteiger partial charge < -0.3 is 14.5 Å². The molecule has 0 atom stereocenters. The minimum Gasteiger partial charge on any atom is -0.497 e. The molecule has 3 nitrogen and oxygen atoms in total. The summed E-state index contributed by atoms with van der Waals surface area (Å²) in [5.41, 5.74) is 3.73. The monoisotopic (exact) mass is 330 g/mol. The van der Waals surface area contributed by atoms with Gasteiger partial charge in [0.25, 0.3) is 0 Å². The van der Waals surface area contributed by atoms with Gasteiger partial charge in [-0.3, -0.25) is 0 Å². The van der Waals surface area contributed by atoms with Gasteiger partial charge in [0.1, 0.15) is 11.9 Å². The van der Waals surface area contributed by atoms with E-state index in [0.29, 0.717) is 0 Å². The van der Waals surface area contributed by atoms with Crippen LogP contribution in [0.15, 0.2) is 84.9 Å². The van der Waals surface area contributed by atoms with E-state index in [1.165, 1.54) is 16.9 Å². The fraction of sp³-hybridized carbons (Fsp3) is 0.182. The molecule has 3 aromatic carbocycles. The topological polar surface area (TPSA) is 15.7 Å². The number of hydrogen-bond donors (Lipinski definition) is 0. The fourth-order valence-electron chi connectivity index (χ4n) is 3.57. The summed E-state index contributed by atoms with van der Waals surface area (Å²) in [6, 6.07) is 29.7. The van der Waals surface area contributed by atoms with Crippen molar-refractivity contribution in [1.29, 1.82) is 0 Å². The van der Waals surface area contributed by atoms with Gasteiger partial charge in [-0.2, -0.15) is 0 Å². The Hall–Kier alpha value is -2.94. The average Bonchev–Trinajstić information content (AvgIpc) is 3.14. The molecular formula is C22H22N2O. The predicted molar refractivity (Wildman–Crippen MR) is 103 cm³/mol. The SMILES string of the molecule is COc1cccc(C2N(c3ccccc3)CCN2c2ccccc2)c1. The summed E-state index contributed by atoms with van der Waals surface area (Å²) >= 11 is 0. The van der Waals surface area contributed by atoms with Crippen molar-refractivity contribution in [3.05, 3.63) is 90.5 Å². The summed E-state index contributed by atoms with van der Waals surface area (Å²) in [5.74, 6) is 0.894. The molecule has 25 heavy (non-hydrogen) atoms. The summed E-state index contributed by atoms with van der Waals surface area (Å²) in [6.45, 7) is 1.97. The van der Waals surface area contributed by atoms with Crippen LogP contribution >= 0.6 is 0 Å². The van der Waals surface area contributed by atoms with Gasteiger partial charge in [-0.1, -0.05) is 48.5 Å². The molecule has 126 valence electrons. The second-order valence-corrected chi connectivity index (χ2v) is 6.21. The maximum atomic E-state index is 5.46. The van der Waals surface area contributed by atoms with Crippen LogP contribution in [0.1, 0.15) is 11.7 Å². The van der Waals surface area contributed by atoms with E-state index in [1.807, 2.05) is 6.07 Å². The van der Waals surface area contributed by atoms with Gasteiger partial charge in [-0.25, -0.2) is 0 Å². The highest BCUT2D eigenvalue weighted by Gasteiger charge is 2.33. The first-order valence-electron chi connectivity index (χ1n) is 8.64. The predicted octanol–water partition coefficient (Wildman–Crippen LogP) is 4.72. The number of anilines is 2. The molecule has 1 aliphatic heterocycles. The number of hydrogen-bond acceptors (Lipinski definition) is 3. The van der Waals surface area contributed by atoms with Gasteiger partial charge >= 0.3 is 0 Å². The first kappa shape index (κ1) is 15.6. The van der Waals surface area contributed by atoms with Crippen molar-refractivity contribution < 1.29 is 4.74 Å². The van der Waals surface area contributed by atoms with Crippen LogP contribution in [0, 0.1) is 0 Å². The van der Waals surface area contributed by atoms with E-state index in [9.17, 15) is 0 Å². The van der Waals surface area contributed by atoms with Gasteiger partial charge in [-0.15, -0.1) is 0 Å². The van der Waals surface area contributed by atoms with Crippen LogP contribution in [0.4, 0.5) is 11.4 Å². The van der Waals surface area contributed by atoms with Crippen LogP contribution < -0.4 is 14.5 Å². The smallest absolute Gasteiger partial charge is 0.128 e. The van der Waals surface area contributed by atoms with E-state index in [2.05, 4.69) is 88.7 Å². The molecule has 1 aliphatic rings. The maximum absolute atomic E-state index is 5.46. The highest BCUT2D eigenvalue weighted by Crippen LogP contribution is 2.38. The summed E-state index contributed by atoms with van der Waals surface area (Å²) in [4.78, 5) is 4.92. The number of ether oxygens (including phenoxy) is 1. The van der Waals surface area contributed by atoms with Gasteiger partial charge in [0.2, 0.25) is 0 Å². The van der Waals surface area contributed by atoms with E-state index in [-0.39, 0.29) is 6.17 Å². The summed E-state index contributed by atoms with van der Waals surface area (Å²) < 4.78 is 5.46. The van der Waals surface area contributed by atoms with Crippen LogP contribution in [-0.2, 0) is 0 Å². The van der Waals surface area contributed by atoms with Crippen LogP contribution in [0.3, 0.4) is 0 Å². The Morgan fingerprint density at radius 3 is 1.80 bits per heavy atom. The van der Waals surface area contributed by atoms with Crippen molar-refractivity contribution in [2.24, 2.45) is 0 Å². The van der Waals surface area contributed by atoms with E-state index < -0.39 is 0 Å². The molecule has 0 aliphatic carbocycles. The molecule has 0 spiro atoms. The highest BCUT2D eigenvalue weighted by molar-refractivity contribution is 5.59. The second kappa shape index (κ2) is 6.89. The average molecular weight is 330 g/mol. The quantitative estimate of drug-likeness (QED) is 0.688. The van der Waals surface area contributed by atoms with Crippen LogP contribution in [0.2, 0.25) is 0 Å². The van der Waals surface area contributed by atoms with Gasteiger partial charge in [0.05, 0.1) is 7.11 Å². The molecule has 4 rings (SSSR count). The van der Waals surface area contributed by atoms with Crippen LogP contribution in [-0.4, -0.2) is 20.2 Å². The van der Waals surface area contributed by atoms with Crippen molar-refractivity contribution in [2.45, 2.75) is 6.17 Å². The number of para-hydroxylation sites is 2. The van der Waals surface area contributed by atoms with E-state index in [1.54, 1.807) is 7.11 Å². The lowest BCUT2D eigenvalue weighted by atomic mass is 10.1. The van der Waals surface area contributed by atoms with E-state index >= 15 is 0 Å². The van der Waals surface area contributed by atoms with Gasteiger partial charge in [0, 0.05) is 24.5 Å². The third-order valence-electron chi connectivity index (χ3n) is 4.74. The molecule has 1 fully saturated rings. The Bertz CT molecular complexity index is 772. The second-order valence-electron chi connectivity index (χ2n) is 6.21. The Morgan fingerprint density at radius 1 is 0.720 bits per heavy atom. The maximum Gasteiger partial charge on any atom is 0.128 e. The van der Waals surface area contributed by atoms with E-state index in [4.69, 9.17) is 4.74 Å². The van der Waals surface area contributed by atoms with Crippen molar-refractivity contribution in [1.82, 2.24) is 0 Å². The number of rotatable bonds is 4. The van der Waals surface area contributed by atoms with Crippen LogP contribution in [0.25, 0.3) is 0 Å². The van der Waals surface area contributed by atoms with Gasteiger partial charge in [-0.05, 0) is 42.0 Å². The normalized spacial score (nSPS) is 14.8. The molecule has 3 heteroatoms. The highest BCUT2D eigenvalue weighted by atomic mass is 16.5. The van der Waals surface area contributed by atoms with E-state index in [0.717, 1.165) is 18.8 Å². The summed E-state index contributed by atoms with van der Waals surface area (Å²) in [5, 5.41) is 0. The first-order chi connectivity index (χ1) is 12.4. The lowest BCUT2D eigenvalue weighted by molar-refractivity contribution is 0.414. The van der Waals surface area contributed by atoms with Crippen LogP contribution in [0.5, 0.6) is 5.75 Å².